The molecule has 2 heteroatoms. The maximum atomic E-state index is 12.1. The van der Waals surface area contributed by atoms with Gasteiger partial charge in [0.25, 0.3) is 0 Å². The summed E-state index contributed by atoms with van der Waals surface area (Å²) in [5, 5.41) is 0. The van der Waals surface area contributed by atoms with Gasteiger partial charge in [-0.3, -0.25) is 4.39 Å². The fourth-order valence-electron chi connectivity index (χ4n) is 4.69. The summed E-state index contributed by atoms with van der Waals surface area (Å²) in [5.74, 6) is 1.65. The average molecular weight is 423 g/mol. The smallest absolute Gasteiger partial charge is 0.0894 e. The van der Waals surface area contributed by atoms with E-state index < -0.39 is 0 Å². The highest BCUT2D eigenvalue weighted by Gasteiger charge is 2.19. The summed E-state index contributed by atoms with van der Waals surface area (Å²) in [7, 11) is 1.73. The molecule has 0 saturated heterocycles. The molecule has 0 aliphatic heterocycles. The number of allylic oxidation sites excluding steroid dienone is 2. The molecule has 0 spiro atoms. The molecule has 0 bridgehead atoms. The minimum Gasteiger partial charge on any atom is -0.380 e. The fraction of sp³-hybridized carbons (Fsp3) is 0.517. The van der Waals surface area contributed by atoms with Crippen LogP contribution in [0.3, 0.4) is 0 Å². The Morgan fingerprint density at radius 3 is 2.10 bits per heavy atom. The molecule has 1 fully saturated rings. The SMILES string of the molecule is COCc1ccc(-c2ccc(CCC3CCC(/C=C/CCCCCF)CC3)cc2)cc1. The van der Waals surface area contributed by atoms with Crippen LogP contribution in [0.2, 0.25) is 0 Å². The van der Waals surface area contributed by atoms with E-state index in [2.05, 4.69) is 60.7 Å². The van der Waals surface area contributed by atoms with Gasteiger partial charge in [0.1, 0.15) is 0 Å². The topological polar surface area (TPSA) is 9.23 Å². The molecule has 2 aromatic rings. The Labute approximate surface area is 188 Å². The zero-order valence-electron chi connectivity index (χ0n) is 19.2. The van der Waals surface area contributed by atoms with Gasteiger partial charge in [-0.1, -0.05) is 67.1 Å². The summed E-state index contributed by atoms with van der Waals surface area (Å²) in [5.41, 5.74) is 5.21. The van der Waals surface area contributed by atoms with Gasteiger partial charge in [-0.15, -0.1) is 0 Å². The van der Waals surface area contributed by atoms with Gasteiger partial charge in [-0.05, 0) is 91.9 Å². The van der Waals surface area contributed by atoms with E-state index in [0.29, 0.717) is 6.61 Å². The van der Waals surface area contributed by atoms with Crippen molar-refractivity contribution in [1.82, 2.24) is 0 Å². The Kier molecular flexibility index (Phi) is 10.3. The average Bonchev–Trinajstić information content (AvgIpc) is 2.82. The fourth-order valence-corrected chi connectivity index (χ4v) is 4.69. The van der Waals surface area contributed by atoms with E-state index in [-0.39, 0.29) is 6.67 Å². The Morgan fingerprint density at radius 2 is 1.48 bits per heavy atom. The molecule has 1 saturated carbocycles. The van der Waals surface area contributed by atoms with Gasteiger partial charge in [0.15, 0.2) is 0 Å². The molecule has 168 valence electrons. The highest BCUT2D eigenvalue weighted by Crippen LogP contribution is 2.32. The number of halogens is 1. The Balaban J connectivity index is 1.36. The third-order valence-electron chi connectivity index (χ3n) is 6.70. The molecular formula is C29H39FO. The van der Waals surface area contributed by atoms with Gasteiger partial charge < -0.3 is 4.74 Å². The zero-order chi connectivity index (χ0) is 21.7. The zero-order valence-corrected chi connectivity index (χ0v) is 19.2. The van der Waals surface area contributed by atoms with Crippen LogP contribution in [0, 0.1) is 11.8 Å². The number of ether oxygens (including phenoxy) is 1. The van der Waals surface area contributed by atoms with E-state index in [1.165, 1.54) is 60.8 Å². The van der Waals surface area contributed by atoms with Gasteiger partial charge >= 0.3 is 0 Å². The molecule has 0 heterocycles. The molecule has 1 aliphatic rings. The first-order valence-electron chi connectivity index (χ1n) is 12.2. The van der Waals surface area contributed by atoms with Gasteiger partial charge in [0, 0.05) is 7.11 Å². The predicted octanol–water partition coefficient (Wildman–Crippen LogP) is 8.33. The van der Waals surface area contributed by atoms with Crippen LogP contribution in [0.25, 0.3) is 11.1 Å². The first-order chi connectivity index (χ1) is 15.3. The number of rotatable bonds is 12. The van der Waals surface area contributed by atoms with Gasteiger partial charge in [0.05, 0.1) is 13.3 Å². The van der Waals surface area contributed by atoms with Crippen molar-refractivity contribution in [2.75, 3.05) is 13.8 Å². The summed E-state index contributed by atoms with van der Waals surface area (Å²) >= 11 is 0. The Hall–Kier alpha value is -1.93. The van der Waals surface area contributed by atoms with Gasteiger partial charge in [-0.2, -0.15) is 0 Å². The number of alkyl halides is 1. The maximum Gasteiger partial charge on any atom is 0.0894 e. The van der Waals surface area contributed by atoms with Gasteiger partial charge in [0.2, 0.25) is 0 Å². The second-order valence-corrected chi connectivity index (χ2v) is 9.11. The van der Waals surface area contributed by atoms with E-state index in [1.807, 2.05) is 0 Å². The van der Waals surface area contributed by atoms with Crippen LogP contribution in [0.4, 0.5) is 4.39 Å². The molecule has 1 aliphatic carbocycles. The number of aryl methyl sites for hydroxylation is 1. The number of methoxy groups -OCH3 is 1. The van der Waals surface area contributed by atoms with Crippen LogP contribution in [-0.2, 0) is 17.8 Å². The molecular weight excluding hydrogens is 383 g/mol. The Morgan fingerprint density at radius 1 is 0.839 bits per heavy atom. The third kappa shape index (κ3) is 8.26. The van der Waals surface area contributed by atoms with E-state index in [0.717, 1.165) is 37.5 Å². The number of hydrogen-bond acceptors (Lipinski definition) is 1. The number of benzene rings is 2. The second kappa shape index (κ2) is 13.5. The van der Waals surface area contributed by atoms with Crippen molar-refractivity contribution in [2.45, 2.75) is 70.8 Å². The molecule has 0 radical (unpaired) electrons. The first-order valence-corrected chi connectivity index (χ1v) is 12.2. The van der Waals surface area contributed by atoms with E-state index in [9.17, 15) is 4.39 Å². The molecule has 0 amide bonds. The Bertz CT molecular complexity index is 754. The minimum absolute atomic E-state index is 0.166. The molecule has 0 unspecified atom stereocenters. The monoisotopic (exact) mass is 422 g/mol. The van der Waals surface area contributed by atoms with E-state index in [4.69, 9.17) is 4.74 Å². The molecule has 0 N–H and O–H groups in total. The molecule has 3 rings (SSSR count). The normalized spacial score (nSPS) is 19.2. The standard InChI is InChI=1S/C29H39FO/c1-31-23-27-16-20-29(21-17-27)28-18-14-26(15-19-28)13-12-25-10-8-24(9-11-25)7-5-3-2-4-6-22-30/h5,7,14-21,24-25H,2-4,6,8-13,22-23H2,1H3/b7-5+. The quantitative estimate of drug-likeness (QED) is 0.247. The lowest BCUT2D eigenvalue weighted by Crippen LogP contribution is -2.13. The van der Waals surface area contributed by atoms with Crippen LogP contribution >= 0.6 is 0 Å². The van der Waals surface area contributed by atoms with Crippen LogP contribution in [0.1, 0.15) is 68.9 Å². The van der Waals surface area contributed by atoms with Crippen LogP contribution in [0.15, 0.2) is 60.7 Å². The summed E-state index contributed by atoms with van der Waals surface area (Å²) in [6.07, 6.45) is 16.7. The predicted molar refractivity (Wildman–Crippen MR) is 130 cm³/mol. The van der Waals surface area contributed by atoms with E-state index in [1.54, 1.807) is 7.11 Å². The van der Waals surface area contributed by atoms with E-state index >= 15 is 0 Å². The van der Waals surface area contributed by atoms with Gasteiger partial charge in [-0.25, -0.2) is 0 Å². The lowest BCUT2D eigenvalue weighted by molar-refractivity contribution is 0.185. The molecule has 31 heavy (non-hydrogen) atoms. The van der Waals surface area contributed by atoms with Crippen molar-refractivity contribution < 1.29 is 9.13 Å². The first kappa shape index (κ1) is 23.7. The second-order valence-electron chi connectivity index (χ2n) is 9.11. The van der Waals surface area contributed by atoms with Crippen molar-refractivity contribution >= 4 is 0 Å². The lowest BCUT2D eigenvalue weighted by Gasteiger charge is -2.26. The molecule has 2 aromatic carbocycles. The number of unbranched alkanes of at least 4 members (excludes halogenated alkanes) is 3. The van der Waals surface area contributed by atoms with Crippen molar-refractivity contribution in [3.63, 3.8) is 0 Å². The van der Waals surface area contributed by atoms with Crippen molar-refractivity contribution in [1.29, 1.82) is 0 Å². The van der Waals surface area contributed by atoms with Crippen LogP contribution in [-0.4, -0.2) is 13.8 Å². The molecule has 1 nitrogen and oxygen atoms in total. The summed E-state index contributed by atoms with van der Waals surface area (Å²) < 4.78 is 17.3. The molecule has 0 aromatic heterocycles. The molecule has 0 atom stereocenters. The minimum atomic E-state index is -0.166. The summed E-state index contributed by atoms with van der Waals surface area (Å²) in [6, 6.07) is 17.8. The summed E-state index contributed by atoms with van der Waals surface area (Å²) in [4.78, 5) is 0. The largest absolute Gasteiger partial charge is 0.380 e. The maximum absolute atomic E-state index is 12.1. The third-order valence-corrected chi connectivity index (χ3v) is 6.70. The van der Waals surface area contributed by atoms with Crippen LogP contribution < -0.4 is 0 Å². The number of hydrogen-bond donors (Lipinski definition) is 0. The van der Waals surface area contributed by atoms with Crippen LogP contribution in [0.5, 0.6) is 0 Å². The highest BCUT2D eigenvalue weighted by atomic mass is 19.1. The van der Waals surface area contributed by atoms with Crippen molar-refractivity contribution in [3.8, 4) is 11.1 Å². The van der Waals surface area contributed by atoms with Crippen molar-refractivity contribution in [2.24, 2.45) is 11.8 Å². The highest BCUT2D eigenvalue weighted by molar-refractivity contribution is 5.63. The summed E-state index contributed by atoms with van der Waals surface area (Å²) in [6.45, 7) is 0.500. The lowest BCUT2D eigenvalue weighted by atomic mass is 9.79. The van der Waals surface area contributed by atoms with Crippen molar-refractivity contribution in [3.05, 3.63) is 71.8 Å².